The lowest BCUT2D eigenvalue weighted by molar-refractivity contribution is 0.0691. The van der Waals surface area contributed by atoms with E-state index in [4.69, 9.17) is 10.9 Å². The largest absolute Gasteiger partial charge is 0.588 e. The van der Waals surface area contributed by atoms with Crippen molar-refractivity contribution in [2.24, 2.45) is 15.9 Å². The summed E-state index contributed by atoms with van der Waals surface area (Å²) in [7, 11) is 0. The van der Waals surface area contributed by atoms with E-state index < -0.39 is 40.2 Å². The number of nitrogens with one attached hydrogen (secondary N) is 1. The molecule has 0 heterocycles. The van der Waals surface area contributed by atoms with Gasteiger partial charge in [0.05, 0.1) is 23.2 Å². The van der Waals surface area contributed by atoms with E-state index in [1.807, 2.05) is 6.92 Å². The number of carboxylic acid groups (broad SMARTS) is 1. The molecule has 2 rings (SSSR count). The van der Waals surface area contributed by atoms with Crippen LogP contribution in [0.1, 0.15) is 23.7 Å². The first-order valence-electron chi connectivity index (χ1n) is 7.67. The highest BCUT2D eigenvalue weighted by Gasteiger charge is 2.19. The normalized spacial score (nSPS) is 13.0. The Hall–Kier alpha value is -2.98. The van der Waals surface area contributed by atoms with E-state index in [9.17, 15) is 18.1 Å². The fourth-order valence-electron chi connectivity index (χ4n) is 1.97. The summed E-state index contributed by atoms with van der Waals surface area (Å²) in [6.07, 6.45) is 2.13. The third-order valence-corrected chi connectivity index (χ3v) is 4.54. The van der Waals surface area contributed by atoms with Crippen LogP contribution in [0.5, 0.6) is 0 Å². The van der Waals surface area contributed by atoms with Gasteiger partial charge in [-0.15, -0.1) is 0 Å². The molecule has 2 aromatic rings. The number of hydrogen-bond donors (Lipinski definition) is 3. The predicted molar refractivity (Wildman–Crippen MR) is 99.9 cm³/mol. The van der Waals surface area contributed by atoms with Crippen LogP contribution in [0.4, 0.5) is 20.2 Å². The van der Waals surface area contributed by atoms with Gasteiger partial charge >= 0.3 is 5.97 Å². The van der Waals surface area contributed by atoms with Crippen LogP contribution in [0.25, 0.3) is 0 Å². The summed E-state index contributed by atoms with van der Waals surface area (Å²) in [6, 6.07) is 7.34. The first-order chi connectivity index (χ1) is 12.8. The highest BCUT2D eigenvalue weighted by atomic mass is 32.2. The molecule has 27 heavy (non-hydrogen) atoms. The van der Waals surface area contributed by atoms with E-state index in [0.29, 0.717) is 34.8 Å². The minimum atomic E-state index is -1.89. The molecule has 1 atom stereocenters. The monoisotopic (exact) mass is 394 g/mol. The molecule has 0 saturated carbocycles. The van der Waals surface area contributed by atoms with Crippen molar-refractivity contribution in [3.05, 3.63) is 53.6 Å². The van der Waals surface area contributed by atoms with E-state index >= 15 is 0 Å². The number of aromatic carboxylic acids is 1. The maximum Gasteiger partial charge on any atom is 0.338 e. The number of carbonyl (C=O) groups is 1. The molecule has 0 aliphatic rings. The fourth-order valence-corrected chi connectivity index (χ4v) is 2.83. The Bertz CT molecular complexity index is 888. The van der Waals surface area contributed by atoms with Crippen LogP contribution in [-0.4, -0.2) is 27.6 Å². The zero-order valence-corrected chi connectivity index (χ0v) is 15.0. The quantitative estimate of drug-likeness (QED) is 0.288. The van der Waals surface area contributed by atoms with Crippen LogP contribution < -0.4 is 10.6 Å². The molecule has 0 aliphatic heterocycles. The lowest BCUT2D eigenvalue weighted by atomic mass is 10.2. The van der Waals surface area contributed by atoms with Gasteiger partial charge in [-0.25, -0.2) is 18.3 Å². The molecule has 7 nitrogen and oxygen atoms in total. The summed E-state index contributed by atoms with van der Waals surface area (Å²) < 4.78 is 42.2. The number of nitrogens with two attached hydrogens (primary N) is 1. The van der Waals surface area contributed by atoms with Crippen LogP contribution in [0.15, 0.2) is 51.4 Å². The summed E-state index contributed by atoms with van der Waals surface area (Å²) in [5, 5.41) is 12.3. The van der Waals surface area contributed by atoms with Crippen LogP contribution in [0.2, 0.25) is 0 Å². The van der Waals surface area contributed by atoms with Gasteiger partial charge in [-0.3, -0.25) is 4.99 Å². The number of aliphatic imine (C=N–C) groups is 1. The van der Waals surface area contributed by atoms with Gasteiger partial charge in [0.1, 0.15) is 22.9 Å². The first-order valence-corrected chi connectivity index (χ1v) is 8.82. The Kier molecular flexibility index (Phi) is 6.85. The highest BCUT2D eigenvalue weighted by molar-refractivity contribution is 7.92. The maximum atomic E-state index is 13.9. The number of benzene rings is 2. The second kappa shape index (κ2) is 9.10. The van der Waals surface area contributed by atoms with Gasteiger partial charge in [0.15, 0.2) is 10.7 Å². The molecule has 0 saturated heterocycles. The molecule has 0 fully saturated rings. The van der Waals surface area contributed by atoms with Gasteiger partial charge < -0.3 is 15.5 Å². The Morgan fingerprint density at radius 3 is 2.52 bits per heavy atom. The number of anilines is 1. The van der Waals surface area contributed by atoms with Crippen molar-refractivity contribution in [3.63, 3.8) is 0 Å². The molecule has 0 aliphatic carbocycles. The molecule has 0 radical (unpaired) electrons. The Morgan fingerprint density at radius 2 is 1.96 bits per heavy atom. The van der Waals surface area contributed by atoms with E-state index in [1.54, 1.807) is 12.1 Å². The average Bonchev–Trinajstić information content (AvgIpc) is 2.65. The van der Waals surface area contributed by atoms with Crippen molar-refractivity contribution < 1.29 is 23.2 Å². The summed E-state index contributed by atoms with van der Waals surface area (Å²) in [4.78, 5) is 15.2. The molecule has 0 bridgehead atoms. The van der Waals surface area contributed by atoms with E-state index in [1.165, 1.54) is 18.3 Å². The van der Waals surface area contributed by atoms with Crippen molar-refractivity contribution in [1.29, 1.82) is 0 Å². The van der Waals surface area contributed by atoms with Gasteiger partial charge in [0.2, 0.25) is 0 Å². The SMILES string of the molecule is CCC(C=Nc1ccc([S+]([O-])Nc2cc(F)c(C(=O)O)cc2F)cc1)=NN. The molecule has 10 heteroatoms. The van der Waals surface area contributed by atoms with Gasteiger partial charge in [-0.1, -0.05) is 6.92 Å². The molecular formula is C17H16F2N4O3S. The Morgan fingerprint density at radius 1 is 1.30 bits per heavy atom. The molecule has 1 unspecified atom stereocenters. The van der Waals surface area contributed by atoms with Crippen LogP contribution in [0.3, 0.4) is 0 Å². The average molecular weight is 394 g/mol. The topological polar surface area (TPSA) is 123 Å². The lowest BCUT2D eigenvalue weighted by Gasteiger charge is -2.12. The van der Waals surface area contributed by atoms with Crippen molar-refractivity contribution in [2.75, 3.05) is 4.72 Å². The molecule has 4 N–H and O–H groups in total. The number of hydrazone groups is 1. The third-order valence-electron chi connectivity index (χ3n) is 3.43. The smallest absolute Gasteiger partial charge is 0.338 e. The van der Waals surface area contributed by atoms with E-state index in [2.05, 4.69) is 14.8 Å². The van der Waals surface area contributed by atoms with Crippen LogP contribution >= 0.6 is 0 Å². The summed E-state index contributed by atoms with van der Waals surface area (Å²) >= 11 is -1.89. The summed E-state index contributed by atoms with van der Waals surface area (Å²) in [5.41, 5.74) is -0.0526. The van der Waals surface area contributed by atoms with Gasteiger partial charge in [-0.05, 0) is 36.8 Å². The lowest BCUT2D eigenvalue weighted by Crippen LogP contribution is -2.15. The second-order valence-electron chi connectivity index (χ2n) is 5.21. The summed E-state index contributed by atoms with van der Waals surface area (Å²) in [6.45, 7) is 1.88. The minimum Gasteiger partial charge on any atom is -0.588 e. The van der Waals surface area contributed by atoms with Gasteiger partial charge in [0.25, 0.3) is 0 Å². The Balaban J connectivity index is 2.14. The second-order valence-corrected chi connectivity index (χ2v) is 6.43. The van der Waals surface area contributed by atoms with E-state index in [0.717, 1.165) is 0 Å². The predicted octanol–water partition coefficient (Wildman–Crippen LogP) is 3.22. The van der Waals surface area contributed by atoms with Crippen LogP contribution in [0, 0.1) is 11.6 Å². The number of hydrogen-bond acceptors (Lipinski definition) is 6. The number of carboxylic acids is 1. The Labute approximate surface area is 156 Å². The third kappa shape index (κ3) is 5.25. The molecule has 142 valence electrons. The number of nitrogens with zero attached hydrogens (tertiary/aromatic N) is 2. The standard InChI is InChI=1S/C17H16F2N4O3S/c1-2-10(22-20)9-21-11-3-5-12(6-4-11)27(26)23-16-8-14(18)13(17(24)25)7-15(16)19/h3-9,23H,2,20H2,1H3,(H,24,25). The minimum absolute atomic E-state index is 0.291. The first kappa shape index (κ1) is 20.3. The molecule has 0 amide bonds. The zero-order chi connectivity index (χ0) is 20.0. The molecular weight excluding hydrogens is 378 g/mol. The highest BCUT2D eigenvalue weighted by Crippen LogP contribution is 2.24. The van der Waals surface area contributed by atoms with Crippen molar-refractivity contribution in [2.45, 2.75) is 18.2 Å². The van der Waals surface area contributed by atoms with Crippen molar-refractivity contribution in [3.8, 4) is 0 Å². The van der Waals surface area contributed by atoms with Crippen molar-refractivity contribution >= 4 is 40.6 Å². The fraction of sp³-hybridized carbons (Fsp3) is 0.118. The van der Waals surface area contributed by atoms with Crippen molar-refractivity contribution in [1.82, 2.24) is 0 Å². The summed E-state index contributed by atoms with van der Waals surface area (Å²) in [5.74, 6) is 1.43. The number of halogens is 2. The molecule has 0 aromatic heterocycles. The van der Waals surface area contributed by atoms with E-state index in [-0.39, 0.29) is 0 Å². The van der Waals surface area contributed by atoms with Crippen LogP contribution in [-0.2, 0) is 11.4 Å². The van der Waals surface area contributed by atoms with Gasteiger partial charge in [0, 0.05) is 6.07 Å². The molecule has 2 aromatic carbocycles. The molecule has 0 spiro atoms. The maximum absolute atomic E-state index is 13.9. The zero-order valence-electron chi connectivity index (χ0n) is 14.1. The van der Waals surface area contributed by atoms with Gasteiger partial charge in [-0.2, -0.15) is 5.10 Å². The number of rotatable bonds is 7.